The second kappa shape index (κ2) is 6.66. The molecule has 1 saturated heterocycles. The van der Waals surface area contributed by atoms with E-state index < -0.39 is 0 Å². The maximum absolute atomic E-state index is 5.50. The molecule has 1 aliphatic rings. The molecule has 0 unspecified atom stereocenters. The molecule has 3 N–H and O–H groups in total. The van der Waals surface area contributed by atoms with Crippen molar-refractivity contribution in [2.45, 2.75) is 0 Å². The van der Waals surface area contributed by atoms with Crippen molar-refractivity contribution in [3.63, 3.8) is 0 Å². The van der Waals surface area contributed by atoms with Crippen molar-refractivity contribution < 1.29 is 0 Å². The third-order valence-electron chi connectivity index (χ3n) is 2.10. The van der Waals surface area contributed by atoms with Gasteiger partial charge in [0, 0.05) is 32.4 Å². The molecule has 0 spiro atoms. The highest BCUT2D eigenvalue weighted by atomic mass is 35.5. The van der Waals surface area contributed by atoms with Gasteiger partial charge in [0.1, 0.15) is 5.82 Å². The molecule has 0 aliphatic carbocycles. The Bertz CT molecular complexity index is 290. The standard InChI is InChI=1S/C8H13N5.2ClH/c9-8-11-2-1-7(12-8)13-5-3-10-4-6-13;;/h1-2,10H,3-6H2,(H2,9,11,12);2*1H. The lowest BCUT2D eigenvalue weighted by Crippen LogP contribution is -2.43. The highest BCUT2D eigenvalue weighted by molar-refractivity contribution is 5.85. The molecule has 2 heterocycles. The fourth-order valence-corrected chi connectivity index (χ4v) is 1.43. The van der Waals surface area contributed by atoms with Gasteiger partial charge in [-0.25, -0.2) is 4.98 Å². The van der Waals surface area contributed by atoms with Gasteiger partial charge >= 0.3 is 0 Å². The van der Waals surface area contributed by atoms with Crippen molar-refractivity contribution >= 4 is 36.6 Å². The molecule has 7 heteroatoms. The summed E-state index contributed by atoms with van der Waals surface area (Å²) in [6.45, 7) is 3.97. The summed E-state index contributed by atoms with van der Waals surface area (Å²) in [7, 11) is 0. The molecule has 0 aromatic carbocycles. The van der Waals surface area contributed by atoms with Crippen molar-refractivity contribution in [3.05, 3.63) is 12.3 Å². The van der Waals surface area contributed by atoms with Crippen LogP contribution in [0.3, 0.4) is 0 Å². The molecule has 0 saturated carbocycles. The molecule has 1 fully saturated rings. The molecular weight excluding hydrogens is 237 g/mol. The maximum atomic E-state index is 5.50. The van der Waals surface area contributed by atoms with Crippen molar-refractivity contribution in [3.8, 4) is 0 Å². The lowest BCUT2D eigenvalue weighted by Gasteiger charge is -2.28. The average molecular weight is 252 g/mol. The molecule has 1 aliphatic heterocycles. The number of hydrogen-bond acceptors (Lipinski definition) is 5. The Hall–Kier alpha value is -0.780. The van der Waals surface area contributed by atoms with E-state index in [2.05, 4.69) is 20.2 Å². The summed E-state index contributed by atoms with van der Waals surface area (Å²) < 4.78 is 0. The Balaban J connectivity index is 0.000000980. The largest absolute Gasteiger partial charge is 0.368 e. The lowest BCUT2D eigenvalue weighted by molar-refractivity contribution is 0.585. The smallest absolute Gasteiger partial charge is 0.221 e. The zero-order chi connectivity index (χ0) is 9.10. The summed E-state index contributed by atoms with van der Waals surface area (Å²) >= 11 is 0. The van der Waals surface area contributed by atoms with Gasteiger partial charge in [-0.15, -0.1) is 24.8 Å². The van der Waals surface area contributed by atoms with Gasteiger partial charge in [-0.1, -0.05) is 0 Å². The van der Waals surface area contributed by atoms with E-state index in [0.29, 0.717) is 5.95 Å². The minimum absolute atomic E-state index is 0. The summed E-state index contributed by atoms with van der Waals surface area (Å²) in [6.07, 6.45) is 1.69. The summed E-state index contributed by atoms with van der Waals surface area (Å²) in [5.74, 6) is 1.27. The zero-order valence-electron chi connectivity index (χ0n) is 8.22. The van der Waals surface area contributed by atoms with E-state index in [9.17, 15) is 0 Å². The molecule has 1 aromatic rings. The monoisotopic (exact) mass is 251 g/mol. The van der Waals surface area contributed by atoms with Crippen LogP contribution in [0.15, 0.2) is 12.3 Å². The minimum atomic E-state index is 0. The topological polar surface area (TPSA) is 67.1 Å². The van der Waals surface area contributed by atoms with Crippen LogP contribution in [0.1, 0.15) is 0 Å². The summed E-state index contributed by atoms with van der Waals surface area (Å²) in [4.78, 5) is 10.2. The Morgan fingerprint density at radius 1 is 1.27 bits per heavy atom. The van der Waals surface area contributed by atoms with Gasteiger partial charge in [-0.05, 0) is 6.07 Å². The highest BCUT2D eigenvalue weighted by Crippen LogP contribution is 2.10. The first kappa shape index (κ1) is 14.2. The molecule has 5 nitrogen and oxygen atoms in total. The molecule has 86 valence electrons. The number of nitrogen functional groups attached to an aromatic ring is 1. The number of nitrogens with two attached hydrogens (primary N) is 1. The van der Waals surface area contributed by atoms with Crippen LogP contribution >= 0.6 is 24.8 Å². The van der Waals surface area contributed by atoms with Gasteiger partial charge < -0.3 is 16.0 Å². The van der Waals surface area contributed by atoms with Crippen LogP contribution < -0.4 is 16.0 Å². The van der Waals surface area contributed by atoms with E-state index in [1.54, 1.807) is 6.20 Å². The first-order valence-corrected chi connectivity index (χ1v) is 4.40. The number of nitrogens with zero attached hydrogens (tertiary/aromatic N) is 3. The molecule has 0 atom stereocenters. The zero-order valence-corrected chi connectivity index (χ0v) is 9.85. The van der Waals surface area contributed by atoms with Crippen molar-refractivity contribution in [1.29, 1.82) is 0 Å². The number of aromatic nitrogens is 2. The van der Waals surface area contributed by atoms with E-state index >= 15 is 0 Å². The maximum Gasteiger partial charge on any atom is 0.221 e. The number of hydrogen-bond donors (Lipinski definition) is 2. The van der Waals surface area contributed by atoms with Crippen LogP contribution in [0, 0.1) is 0 Å². The molecule has 15 heavy (non-hydrogen) atoms. The van der Waals surface area contributed by atoms with Crippen molar-refractivity contribution in [2.75, 3.05) is 36.8 Å². The quantitative estimate of drug-likeness (QED) is 0.753. The Morgan fingerprint density at radius 3 is 2.53 bits per heavy atom. The molecule has 0 radical (unpaired) electrons. The van der Waals surface area contributed by atoms with Crippen LogP contribution in [0.4, 0.5) is 11.8 Å². The van der Waals surface area contributed by atoms with Crippen LogP contribution in [-0.4, -0.2) is 36.1 Å². The third kappa shape index (κ3) is 3.70. The van der Waals surface area contributed by atoms with E-state index in [0.717, 1.165) is 32.0 Å². The minimum Gasteiger partial charge on any atom is -0.368 e. The van der Waals surface area contributed by atoms with E-state index in [4.69, 9.17) is 5.73 Å². The average Bonchev–Trinajstić information content (AvgIpc) is 2.19. The number of anilines is 2. The summed E-state index contributed by atoms with van der Waals surface area (Å²) in [5, 5.41) is 3.28. The van der Waals surface area contributed by atoms with Crippen LogP contribution in [0.2, 0.25) is 0 Å². The fraction of sp³-hybridized carbons (Fsp3) is 0.500. The Labute approximate surface area is 101 Å². The van der Waals surface area contributed by atoms with Gasteiger partial charge in [0.15, 0.2) is 0 Å². The van der Waals surface area contributed by atoms with E-state index in [-0.39, 0.29) is 24.8 Å². The summed E-state index contributed by atoms with van der Waals surface area (Å²) in [5.41, 5.74) is 5.50. The second-order valence-electron chi connectivity index (χ2n) is 3.01. The first-order chi connectivity index (χ1) is 6.36. The molecular formula is C8H15Cl2N5. The van der Waals surface area contributed by atoms with Crippen molar-refractivity contribution in [2.24, 2.45) is 0 Å². The normalized spacial score (nSPS) is 15.1. The number of halogens is 2. The van der Waals surface area contributed by atoms with Gasteiger partial charge in [-0.2, -0.15) is 4.98 Å². The van der Waals surface area contributed by atoms with Gasteiger partial charge in [-0.3, -0.25) is 0 Å². The van der Waals surface area contributed by atoms with E-state index in [1.165, 1.54) is 0 Å². The van der Waals surface area contributed by atoms with Crippen LogP contribution in [0.5, 0.6) is 0 Å². The number of rotatable bonds is 1. The SMILES string of the molecule is Cl.Cl.Nc1nccc(N2CCNCC2)n1. The Morgan fingerprint density at radius 2 is 1.93 bits per heavy atom. The fourth-order valence-electron chi connectivity index (χ4n) is 1.43. The second-order valence-corrected chi connectivity index (χ2v) is 3.01. The third-order valence-corrected chi connectivity index (χ3v) is 2.10. The Kier molecular flexibility index (Phi) is 6.31. The lowest BCUT2D eigenvalue weighted by atomic mass is 10.3. The van der Waals surface area contributed by atoms with Gasteiger partial charge in [0.2, 0.25) is 5.95 Å². The van der Waals surface area contributed by atoms with Crippen LogP contribution in [0.25, 0.3) is 0 Å². The predicted octanol–water partition coefficient (Wildman–Crippen LogP) is 0.312. The molecule has 0 amide bonds. The number of piperazine rings is 1. The van der Waals surface area contributed by atoms with Crippen LogP contribution in [-0.2, 0) is 0 Å². The predicted molar refractivity (Wildman–Crippen MR) is 66.0 cm³/mol. The molecule has 0 bridgehead atoms. The number of nitrogens with one attached hydrogen (secondary N) is 1. The van der Waals surface area contributed by atoms with Crippen molar-refractivity contribution in [1.82, 2.24) is 15.3 Å². The van der Waals surface area contributed by atoms with Gasteiger partial charge in [0.25, 0.3) is 0 Å². The van der Waals surface area contributed by atoms with Gasteiger partial charge in [0.05, 0.1) is 0 Å². The summed E-state index contributed by atoms with van der Waals surface area (Å²) in [6, 6.07) is 1.89. The highest BCUT2D eigenvalue weighted by Gasteiger charge is 2.11. The molecule has 2 rings (SSSR count). The first-order valence-electron chi connectivity index (χ1n) is 4.40. The molecule has 1 aromatic heterocycles. The van der Waals surface area contributed by atoms with E-state index in [1.807, 2.05) is 6.07 Å².